The normalized spacial score (nSPS) is 24.6. The molecule has 19 heavy (non-hydrogen) atoms. The average molecular weight is 263 g/mol. The summed E-state index contributed by atoms with van der Waals surface area (Å²) < 4.78 is 2.45. The lowest BCUT2D eigenvalue weighted by atomic mass is 10.0. The van der Waals surface area contributed by atoms with Gasteiger partial charge in [-0.05, 0) is 25.8 Å². The molecule has 1 saturated carbocycles. The lowest BCUT2D eigenvalue weighted by Gasteiger charge is -2.29. The Balaban J connectivity index is 2.18. The number of aromatic nitrogens is 2. The van der Waals surface area contributed by atoms with Crippen LogP contribution in [0, 0.1) is 0 Å². The maximum Gasteiger partial charge on any atom is 0.111 e. The number of hydrogen-bond donors (Lipinski definition) is 1. The van der Waals surface area contributed by atoms with Gasteiger partial charge in [-0.1, -0.05) is 40.0 Å². The number of rotatable bonds is 5. The van der Waals surface area contributed by atoms with Gasteiger partial charge in [-0.15, -0.1) is 0 Å². The zero-order valence-corrected chi connectivity index (χ0v) is 12.7. The predicted octanol–water partition coefficient (Wildman–Crippen LogP) is 3.88. The van der Waals surface area contributed by atoms with E-state index in [9.17, 15) is 0 Å². The third-order valence-electron chi connectivity index (χ3n) is 4.21. The maximum atomic E-state index is 4.57. The largest absolute Gasteiger partial charge is 0.330 e. The van der Waals surface area contributed by atoms with E-state index in [1.165, 1.54) is 44.3 Å². The maximum absolute atomic E-state index is 4.57. The van der Waals surface area contributed by atoms with Crippen LogP contribution in [0.15, 0.2) is 12.4 Å². The smallest absolute Gasteiger partial charge is 0.111 e. The monoisotopic (exact) mass is 263 g/mol. The number of imidazole rings is 1. The van der Waals surface area contributed by atoms with Crippen molar-refractivity contribution in [1.82, 2.24) is 14.9 Å². The van der Waals surface area contributed by atoms with Crippen molar-refractivity contribution in [2.24, 2.45) is 0 Å². The molecule has 0 radical (unpaired) electrons. The van der Waals surface area contributed by atoms with Gasteiger partial charge in [0.2, 0.25) is 0 Å². The molecule has 108 valence electrons. The van der Waals surface area contributed by atoms with Crippen molar-refractivity contribution >= 4 is 0 Å². The SMILES string of the molecule is CCCNC1CCCCCC1n1ccnc1C(C)C. The highest BCUT2D eigenvalue weighted by Gasteiger charge is 2.26. The Morgan fingerprint density at radius 3 is 2.84 bits per heavy atom. The predicted molar refractivity (Wildman–Crippen MR) is 80.5 cm³/mol. The molecule has 2 unspecified atom stereocenters. The number of hydrogen-bond acceptors (Lipinski definition) is 2. The molecule has 1 heterocycles. The summed E-state index contributed by atoms with van der Waals surface area (Å²) in [5.74, 6) is 1.75. The highest BCUT2D eigenvalue weighted by Crippen LogP contribution is 2.30. The Morgan fingerprint density at radius 2 is 2.11 bits per heavy atom. The quantitative estimate of drug-likeness (QED) is 0.817. The van der Waals surface area contributed by atoms with Crippen molar-refractivity contribution in [1.29, 1.82) is 0 Å². The van der Waals surface area contributed by atoms with Crippen LogP contribution < -0.4 is 5.32 Å². The lowest BCUT2D eigenvalue weighted by molar-refractivity contribution is 0.322. The molecule has 1 aliphatic rings. The Hall–Kier alpha value is -0.830. The fraction of sp³-hybridized carbons (Fsp3) is 0.812. The van der Waals surface area contributed by atoms with Gasteiger partial charge < -0.3 is 9.88 Å². The van der Waals surface area contributed by atoms with Gasteiger partial charge in [0, 0.05) is 24.4 Å². The van der Waals surface area contributed by atoms with E-state index in [1.807, 2.05) is 6.20 Å². The molecule has 2 rings (SSSR count). The molecule has 1 N–H and O–H groups in total. The van der Waals surface area contributed by atoms with Crippen LogP contribution in [0.2, 0.25) is 0 Å². The summed E-state index contributed by atoms with van der Waals surface area (Å²) in [6.07, 6.45) is 12.1. The molecule has 0 saturated heterocycles. The van der Waals surface area contributed by atoms with Gasteiger partial charge in [-0.3, -0.25) is 0 Å². The zero-order chi connectivity index (χ0) is 13.7. The van der Waals surface area contributed by atoms with Gasteiger partial charge in [0.1, 0.15) is 5.82 Å². The highest BCUT2D eigenvalue weighted by molar-refractivity contribution is 5.02. The Bertz CT molecular complexity index is 370. The van der Waals surface area contributed by atoms with E-state index in [4.69, 9.17) is 0 Å². The molecule has 0 bridgehead atoms. The van der Waals surface area contributed by atoms with Gasteiger partial charge in [-0.2, -0.15) is 0 Å². The minimum Gasteiger partial charge on any atom is -0.330 e. The van der Waals surface area contributed by atoms with Gasteiger partial charge in [0.15, 0.2) is 0 Å². The Kier molecular flexibility index (Phi) is 5.44. The Morgan fingerprint density at radius 1 is 1.32 bits per heavy atom. The molecule has 3 nitrogen and oxygen atoms in total. The van der Waals surface area contributed by atoms with E-state index >= 15 is 0 Å². The second kappa shape index (κ2) is 7.09. The van der Waals surface area contributed by atoms with Crippen molar-refractivity contribution in [3.8, 4) is 0 Å². The van der Waals surface area contributed by atoms with Crippen molar-refractivity contribution in [2.75, 3.05) is 6.54 Å². The van der Waals surface area contributed by atoms with Gasteiger partial charge in [-0.25, -0.2) is 4.98 Å². The first-order valence-electron chi connectivity index (χ1n) is 8.00. The highest BCUT2D eigenvalue weighted by atomic mass is 15.1. The fourth-order valence-corrected chi connectivity index (χ4v) is 3.24. The molecule has 1 aromatic rings. The van der Waals surface area contributed by atoms with Crippen molar-refractivity contribution < 1.29 is 0 Å². The van der Waals surface area contributed by atoms with Crippen LogP contribution in [0.1, 0.15) is 77.1 Å². The third kappa shape index (κ3) is 3.59. The van der Waals surface area contributed by atoms with Crippen molar-refractivity contribution in [3.63, 3.8) is 0 Å². The van der Waals surface area contributed by atoms with Crippen LogP contribution in [0.25, 0.3) is 0 Å². The van der Waals surface area contributed by atoms with E-state index < -0.39 is 0 Å². The van der Waals surface area contributed by atoms with Crippen molar-refractivity contribution in [2.45, 2.75) is 77.3 Å². The summed E-state index contributed by atoms with van der Waals surface area (Å²) in [6.45, 7) is 7.86. The first-order chi connectivity index (χ1) is 9.24. The van der Waals surface area contributed by atoms with Gasteiger partial charge >= 0.3 is 0 Å². The summed E-state index contributed by atoms with van der Waals surface area (Å²) in [4.78, 5) is 4.57. The second-order valence-corrected chi connectivity index (χ2v) is 6.11. The minimum absolute atomic E-state index is 0.505. The second-order valence-electron chi connectivity index (χ2n) is 6.11. The van der Waals surface area contributed by atoms with Crippen LogP contribution >= 0.6 is 0 Å². The third-order valence-corrected chi connectivity index (χ3v) is 4.21. The van der Waals surface area contributed by atoms with Crippen LogP contribution in [0.5, 0.6) is 0 Å². The van der Waals surface area contributed by atoms with E-state index in [0.717, 1.165) is 6.54 Å². The fourth-order valence-electron chi connectivity index (χ4n) is 3.24. The molecule has 1 fully saturated rings. The van der Waals surface area contributed by atoms with Crippen LogP contribution in [-0.4, -0.2) is 22.1 Å². The average Bonchev–Trinajstić information content (AvgIpc) is 2.76. The molecule has 0 aliphatic heterocycles. The number of nitrogens with zero attached hydrogens (tertiary/aromatic N) is 2. The Labute approximate surface area is 117 Å². The van der Waals surface area contributed by atoms with Gasteiger partial charge in [0.25, 0.3) is 0 Å². The molecular weight excluding hydrogens is 234 g/mol. The molecule has 0 amide bonds. The molecule has 3 heteroatoms. The minimum atomic E-state index is 0.505. The van der Waals surface area contributed by atoms with Crippen LogP contribution in [0.3, 0.4) is 0 Å². The van der Waals surface area contributed by atoms with E-state index in [2.05, 4.69) is 41.8 Å². The lowest BCUT2D eigenvalue weighted by Crippen LogP contribution is -2.38. The van der Waals surface area contributed by atoms with E-state index in [-0.39, 0.29) is 0 Å². The summed E-state index contributed by atoms with van der Waals surface area (Å²) in [5, 5.41) is 3.77. The van der Waals surface area contributed by atoms with Gasteiger partial charge in [0.05, 0.1) is 6.04 Å². The molecular formula is C16H29N3. The molecule has 1 aromatic heterocycles. The molecule has 0 aromatic carbocycles. The van der Waals surface area contributed by atoms with E-state index in [1.54, 1.807) is 0 Å². The van der Waals surface area contributed by atoms with Crippen LogP contribution in [0.4, 0.5) is 0 Å². The number of nitrogens with one attached hydrogen (secondary N) is 1. The molecule has 1 aliphatic carbocycles. The topological polar surface area (TPSA) is 29.9 Å². The molecule has 2 atom stereocenters. The molecule has 0 spiro atoms. The standard InChI is InChI=1S/C16H29N3/c1-4-10-17-14-8-6-5-7-9-15(14)19-12-11-18-16(19)13(2)3/h11-15,17H,4-10H2,1-3H3. The first-order valence-corrected chi connectivity index (χ1v) is 8.00. The van der Waals surface area contributed by atoms with Crippen LogP contribution in [-0.2, 0) is 0 Å². The van der Waals surface area contributed by atoms with Crippen molar-refractivity contribution in [3.05, 3.63) is 18.2 Å². The zero-order valence-electron chi connectivity index (χ0n) is 12.7. The van der Waals surface area contributed by atoms with E-state index in [0.29, 0.717) is 18.0 Å². The first kappa shape index (κ1) is 14.6. The summed E-state index contributed by atoms with van der Waals surface area (Å²) in [7, 11) is 0. The summed E-state index contributed by atoms with van der Waals surface area (Å²) in [5.41, 5.74) is 0. The summed E-state index contributed by atoms with van der Waals surface area (Å²) >= 11 is 0. The summed E-state index contributed by atoms with van der Waals surface area (Å²) in [6, 6.07) is 1.21.